The average Bonchev–Trinajstić information content (AvgIpc) is 2.35. The van der Waals surface area contributed by atoms with Crippen LogP contribution in [-0.4, -0.2) is 63.6 Å². The van der Waals surface area contributed by atoms with Crippen LogP contribution < -0.4 is 5.73 Å². The highest BCUT2D eigenvalue weighted by Crippen LogP contribution is 2.24. The summed E-state index contributed by atoms with van der Waals surface area (Å²) in [6.45, 7) is 6.32. The van der Waals surface area contributed by atoms with Crippen molar-refractivity contribution in [3.05, 3.63) is 0 Å². The molecule has 0 unspecified atom stereocenters. The van der Waals surface area contributed by atoms with Crippen LogP contribution in [0, 0.1) is 0 Å². The molecule has 0 spiro atoms. The number of carbonyl (C=O) groups excluding carboxylic acids is 1. The molecule has 0 aromatic heterocycles. The van der Waals surface area contributed by atoms with E-state index in [1.54, 1.807) is 4.90 Å². The van der Waals surface area contributed by atoms with Crippen LogP contribution in [0.5, 0.6) is 0 Å². The summed E-state index contributed by atoms with van der Waals surface area (Å²) in [4.78, 5) is 33.0. The molecular formula is C14H23F3N2O6. The average molecular weight is 372 g/mol. The Bertz CT molecular complexity index is 494. The van der Waals surface area contributed by atoms with Crippen molar-refractivity contribution in [3.63, 3.8) is 0 Å². The topological polar surface area (TPSA) is 130 Å². The molecule has 1 saturated heterocycles. The fourth-order valence-corrected chi connectivity index (χ4v) is 1.94. The lowest BCUT2D eigenvalue weighted by atomic mass is 9.86. The van der Waals surface area contributed by atoms with Crippen LogP contribution >= 0.6 is 0 Å². The van der Waals surface area contributed by atoms with E-state index in [2.05, 4.69) is 0 Å². The lowest BCUT2D eigenvalue weighted by molar-refractivity contribution is -0.192. The number of amides is 1. The van der Waals surface area contributed by atoms with E-state index in [0.29, 0.717) is 25.9 Å². The maximum atomic E-state index is 11.8. The first-order valence-corrected chi connectivity index (χ1v) is 7.34. The van der Waals surface area contributed by atoms with Gasteiger partial charge in [-0.3, -0.25) is 4.79 Å². The van der Waals surface area contributed by atoms with Crippen LogP contribution in [-0.2, 0) is 14.3 Å². The molecule has 0 saturated carbocycles. The number of piperidine rings is 1. The van der Waals surface area contributed by atoms with Gasteiger partial charge < -0.3 is 25.6 Å². The molecule has 0 aromatic rings. The molecule has 25 heavy (non-hydrogen) atoms. The highest BCUT2D eigenvalue weighted by molar-refractivity contribution is 5.73. The Morgan fingerprint density at radius 2 is 1.52 bits per heavy atom. The fourth-order valence-electron chi connectivity index (χ4n) is 1.94. The molecule has 146 valence electrons. The largest absolute Gasteiger partial charge is 0.490 e. The van der Waals surface area contributed by atoms with Crippen molar-refractivity contribution >= 4 is 18.0 Å². The van der Waals surface area contributed by atoms with E-state index in [1.165, 1.54) is 0 Å². The second kappa shape index (κ2) is 8.37. The lowest BCUT2D eigenvalue weighted by Gasteiger charge is -2.38. The smallest absolute Gasteiger partial charge is 0.481 e. The quantitative estimate of drug-likeness (QED) is 0.674. The number of carboxylic acids is 2. The normalized spacial score (nSPS) is 17.2. The van der Waals surface area contributed by atoms with E-state index < -0.39 is 29.3 Å². The van der Waals surface area contributed by atoms with Crippen LogP contribution in [0.15, 0.2) is 0 Å². The summed E-state index contributed by atoms with van der Waals surface area (Å²) in [6, 6.07) is 0. The SMILES string of the molecule is CC(C)(C)OC(=O)N1CCC(N)(CC(=O)O)CC1.O=C(O)C(F)(F)F. The van der Waals surface area contributed by atoms with Crippen LogP contribution in [0.1, 0.15) is 40.0 Å². The first-order chi connectivity index (χ1) is 11.1. The summed E-state index contributed by atoms with van der Waals surface area (Å²) < 4.78 is 37.0. The minimum atomic E-state index is -5.08. The van der Waals surface area contributed by atoms with Gasteiger partial charge in [-0.25, -0.2) is 9.59 Å². The third kappa shape index (κ3) is 9.75. The summed E-state index contributed by atoms with van der Waals surface area (Å²) in [5, 5.41) is 15.9. The maximum Gasteiger partial charge on any atom is 0.490 e. The third-order valence-electron chi connectivity index (χ3n) is 3.16. The Balaban J connectivity index is 0.000000697. The zero-order valence-electron chi connectivity index (χ0n) is 14.2. The Morgan fingerprint density at radius 1 is 1.12 bits per heavy atom. The molecule has 8 nitrogen and oxygen atoms in total. The predicted molar refractivity (Wildman–Crippen MR) is 79.9 cm³/mol. The van der Waals surface area contributed by atoms with Gasteiger partial charge in [0.1, 0.15) is 5.60 Å². The van der Waals surface area contributed by atoms with Gasteiger partial charge in [-0.15, -0.1) is 0 Å². The molecule has 0 aliphatic carbocycles. The molecule has 4 N–H and O–H groups in total. The van der Waals surface area contributed by atoms with Crippen LogP contribution in [0.4, 0.5) is 18.0 Å². The van der Waals surface area contributed by atoms with Crippen molar-refractivity contribution < 1.29 is 42.5 Å². The van der Waals surface area contributed by atoms with Crippen molar-refractivity contribution in [1.29, 1.82) is 0 Å². The van der Waals surface area contributed by atoms with Crippen molar-refractivity contribution in [2.24, 2.45) is 5.73 Å². The lowest BCUT2D eigenvalue weighted by Crippen LogP contribution is -2.53. The number of carboxylic acid groups (broad SMARTS) is 2. The molecule has 0 radical (unpaired) electrons. The van der Waals surface area contributed by atoms with Gasteiger partial charge in [-0.2, -0.15) is 13.2 Å². The second-order valence-electron chi connectivity index (χ2n) is 6.70. The van der Waals surface area contributed by atoms with Gasteiger partial charge in [0.2, 0.25) is 0 Å². The Labute approximate surface area is 142 Å². The van der Waals surface area contributed by atoms with Gasteiger partial charge in [0.05, 0.1) is 6.42 Å². The first-order valence-electron chi connectivity index (χ1n) is 7.34. The monoisotopic (exact) mass is 372 g/mol. The van der Waals surface area contributed by atoms with Crippen molar-refractivity contribution in [2.45, 2.75) is 57.3 Å². The summed E-state index contributed by atoms with van der Waals surface area (Å²) in [5.74, 6) is -3.66. The van der Waals surface area contributed by atoms with E-state index in [4.69, 9.17) is 25.5 Å². The number of alkyl halides is 3. The molecule has 1 heterocycles. The van der Waals surface area contributed by atoms with E-state index in [9.17, 15) is 22.8 Å². The van der Waals surface area contributed by atoms with Gasteiger partial charge in [0, 0.05) is 18.6 Å². The van der Waals surface area contributed by atoms with Crippen LogP contribution in [0.25, 0.3) is 0 Å². The molecule has 11 heteroatoms. The summed E-state index contributed by atoms with van der Waals surface area (Å²) in [5.41, 5.74) is 4.77. The Hall–Kier alpha value is -2.04. The van der Waals surface area contributed by atoms with Crippen LogP contribution in [0.3, 0.4) is 0 Å². The zero-order valence-corrected chi connectivity index (χ0v) is 14.2. The highest BCUT2D eigenvalue weighted by atomic mass is 19.4. The first kappa shape index (κ1) is 23.0. The molecule has 0 atom stereocenters. The van der Waals surface area contributed by atoms with Gasteiger partial charge in [-0.1, -0.05) is 0 Å². The van der Waals surface area contributed by atoms with E-state index in [-0.39, 0.29) is 12.5 Å². The molecule has 0 bridgehead atoms. The number of halogens is 3. The summed E-state index contributed by atoms with van der Waals surface area (Å²) >= 11 is 0. The zero-order chi connectivity index (χ0) is 20.1. The fraction of sp³-hybridized carbons (Fsp3) is 0.786. The third-order valence-corrected chi connectivity index (χ3v) is 3.16. The number of nitrogens with zero attached hydrogens (tertiary/aromatic N) is 1. The molecule has 1 aliphatic heterocycles. The highest BCUT2D eigenvalue weighted by Gasteiger charge is 2.38. The number of rotatable bonds is 2. The number of carbonyl (C=O) groups is 3. The van der Waals surface area contributed by atoms with Gasteiger partial charge >= 0.3 is 24.2 Å². The Kier molecular flexibility index (Phi) is 7.68. The Morgan fingerprint density at radius 3 is 1.80 bits per heavy atom. The summed E-state index contributed by atoms with van der Waals surface area (Å²) in [7, 11) is 0. The van der Waals surface area contributed by atoms with Gasteiger partial charge in [0.25, 0.3) is 0 Å². The number of hydrogen-bond acceptors (Lipinski definition) is 5. The maximum absolute atomic E-state index is 11.8. The number of ether oxygens (including phenoxy) is 1. The number of nitrogens with two attached hydrogens (primary N) is 1. The summed E-state index contributed by atoms with van der Waals surface area (Å²) in [6.07, 6.45) is -4.54. The van der Waals surface area contributed by atoms with Gasteiger partial charge in [-0.05, 0) is 33.6 Å². The number of likely N-dealkylation sites (tertiary alicyclic amines) is 1. The minimum Gasteiger partial charge on any atom is -0.481 e. The predicted octanol–water partition coefficient (Wildman–Crippen LogP) is 1.82. The molecule has 0 aromatic carbocycles. The van der Waals surface area contributed by atoms with E-state index in [1.807, 2.05) is 20.8 Å². The van der Waals surface area contributed by atoms with Crippen molar-refractivity contribution in [2.75, 3.05) is 13.1 Å². The molecule has 1 rings (SSSR count). The van der Waals surface area contributed by atoms with Crippen molar-refractivity contribution in [3.8, 4) is 0 Å². The molecule has 1 fully saturated rings. The van der Waals surface area contributed by atoms with E-state index >= 15 is 0 Å². The van der Waals surface area contributed by atoms with Crippen LogP contribution in [0.2, 0.25) is 0 Å². The standard InChI is InChI=1S/C12H22N2O4.C2HF3O2/c1-11(2,3)18-10(17)14-6-4-12(13,5-7-14)8-9(15)16;3-2(4,5)1(6)7/h4-8,13H2,1-3H3,(H,15,16);(H,6,7). The second-order valence-corrected chi connectivity index (χ2v) is 6.70. The molecular weight excluding hydrogens is 349 g/mol. The minimum absolute atomic E-state index is 0.0604. The number of aliphatic carboxylic acids is 2. The molecule has 1 aliphatic rings. The van der Waals surface area contributed by atoms with Gasteiger partial charge in [0.15, 0.2) is 0 Å². The molecule has 1 amide bonds. The number of hydrogen-bond donors (Lipinski definition) is 3. The van der Waals surface area contributed by atoms with E-state index in [0.717, 1.165) is 0 Å². The van der Waals surface area contributed by atoms with Crippen molar-refractivity contribution in [1.82, 2.24) is 4.90 Å².